The fourth-order valence-electron chi connectivity index (χ4n) is 2.66. The Labute approximate surface area is 133 Å². The van der Waals surface area contributed by atoms with Crippen LogP contribution < -0.4 is 5.73 Å². The lowest BCUT2D eigenvalue weighted by molar-refractivity contribution is 0.155. The van der Waals surface area contributed by atoms with Gasteiger partial charge in [0.2, 0.25) is 0 Å². The van der Waals surface area contributed by atoms with Gasteiger partial charge in [-0.05, 0) is 24.8 Å². The third-order valence-corrected chi connectivity index (χ3v) is 4.01. The van der Waals surface area contributed by atoms with Crippen LogP contribution in [0.4, 0.5) is 4.39 Å². The molecule has 0 unspecified atom stereocenters. The van der Waals surface area contributed by atoms with Gasteiger partial charge in [-0.25, -0.2) is 4.39 Å². The van der Waals surface area contributed by atoms with Crippen molar-refractivity contribution in [2.45, 2.75) is 53.1 Å². The van der Waals surface area contributed by atoms with Gasteiger partial charge in [0, 0.05) is 30.3 Å². The van der Waals surface area contributed by atoms with Crippen molar-refractivity contribution < 1.29 is 4.39 Å². The highest BCUT2D eigenvalue weighted by molar-refractivity contribution is 7.80. The quantitative estimate of drug-likeness (QED) is 0.733. The van der Waals surface area contributed by atoms with Crippen LogP contribution in [-0.2, 0) is 6.54 Å². The van der Waals surface area contributed by atoms with Crippen LogP contribution in [0.2, 0.25) is 0 Å². The fraction of sp³-hybridized carbons (Fsp3) is 0.588. The van der Waals surface area contributed by atoms with Crippen LogP contribution in [0.25, 0.3) is 0 Å². The molecule has 0 aliphatic heterocycles. The van der Waals surface area contributed by atoms with Crippen molar-refractivity contribution in [2.24, 2.45) is 11.7 Å². The molecule has 4 heteroatoms. The van der Waals surface area contributed by atoms with Crippen molar-refractivity contribution in [3.8, 4) is 0 Å². The summed E-state index contributed by atoms with van der Waals surface area (Å²) in [5.41, 5.74) is 6.84. The molecule has 2 N–H and O–H groups in total. The summed E-state index contributed by atoms with van der Waals surface area (Å²) in [6, 6.07) is 5.54. The van der Waals surface area contributed by atoms with Crippen molar-refractivity contribution in [1.29, 1.82) is 0 Å². The fourth-order valence-corrected chi connectivity index (χ4v) is 2.79. The van der Waals surface area contributed by atoms with Crippen LogP contribution in [0.5, 0.6) is 0 Å². The smallest absolute Gasteiger partial charge is 0.128 e. The minimum Gasteiger partial charge on any atom is -0.389 e. The normalized spacial score (nSPS) is 11.6. The molecule has 0 saturated carbocycles. The predicted octanol–water partition coefficient (Wildman–Crippen LogP) is 4.11. The number of thiocarbonyl (C=S) groups is 1. The third-order valence-electron chi connectivity index (χ3n) is 3.77. The average molecular weight is 310 g/mol. The molecule has 0 aromatic heterocycles. The lowest BCUT2D eigenvalue weighted by Gasteiger charge is -2.32. The molecular formula is C17H27FN2S. The van der Waals surface area contributed by atoms with Gasteiger partial charge in [0.25, 0.3) is 0 Å². The summed E-state index contributed by atoms with van der Waals surface area (Å²) in [6.07, 6.45) is 2.16. The van der Waals surface area contributed by atoms with E-state index in [1.807, 2.05) is 0 Å². The first kappa shape index (κ1) is 18.1. The van der Waals surface area contributed by atoms with E-state index in [2.05, 4.69) is 32.6 Å². The number of nitrogens with zero attached hydrogens (tertiary/aromatic N) is 1. The second kappa shape index (κ2) is 8.44. The molecule has 0 fully saturated rings. The topological polar surface area (TPSA) is 29.3 Å². The van der Waals surface area contributed by atoms with E-state index in [4.69, 9.17) is 18.0 Å². The number of hydrogen-bond donors (Lipinski definition) is 1. The Kier molecular flexibility index (Phi) is 7.26. The Morgan fingerprint density at radius 1 is 1.29 bits per heavy atom. The van der Waals surface area contributed by atoms with Gasteiger partial charge in [0.1, 0.15) is 10.8 Å². The first-order valence-electron chi connectivity index (χ1n) is 7.71. The number of rotatable bonds is 8. The number of benzene rings is 1. The van der Waals surface area contributed by atoms with E-state index in [0.29, 0.717) is 29.6 Å². The van der Waals surface area contributed by atoms with Crippen LogP contribution in [0, 0.1) is 11.7 Å². The maximum absolute atomic E-state index is 14.2. The van der Waals surface area contributed by atoms with Crippen molar-refractivity contribution in [1.82, 2.24) is 4.90 Å². The third kappa shape index (κ3) is 5.36. The maximum atomic E-state index is 14.2. The SMILES string of the molecule is CCC(CC)N(Cc1ccc(C(N)=S)cc1F)CC(C)C. The Bertz CT molecular complexity index is 470. The van der Waals surface area contributed by atoms with Crippen LogP contribution in [0.1, 0.15) is 51.7 Å². The highest BCUT2D eigenvalue weighted by atomic mass is 32.1. The molecule has 0 spiro atoms. The van der Waals surface area contributed by atoms with Crippen molar-refractivity contribution in [3.05, 3.63) is 35.1 Å². The Morgan fingerprint density at radius 2 is 1.90 bits per heavy atom. The van der Waals surface area contributed by atoms with Gasteiger partial charge in [-0.2, -0.15) is 0 Å². The van der Waals surface area contributed by atoms with Gasteiger partial charge in [-0.1, -0.05) is 52.0 Å². The van der Waals surface area contributed by atoms with E-state index < -0.39 is 0 Å². The summed E-state index contributed by atoms with van der Waals surface area (Å²) in [5.74, 6) is 0.338. The summed E-state index contributed by atoms with van der Waals surface area (Å²) in [6.45, 7) is 10.4. The van der Waals surface area contributed by atoms with E-state index in [1.165, 1.54) is 6.07 Å². The van der Waals surface area contributed by atoms with Gasteiger partial charge >= 0.3 is 0 Å². The summed E-state index contributed by atoms with van der Waals surface area (Å²) < 4.78 is 14.2. The number of nitrogens with two attached hydrogens (primary N) is 1. The molecule has 1 aromatic rings. The van der Waals surface area contributed by atoms with E-state index >= 15 is 0 Å². The molecule has 0 aliphatic carbocycles. The van der Waals surface area contributed by atoms with Crippen LogP contribution in [0.15, 0.2) is 18.2 Å². The largest absolute Gasteiger partial charge is 0.389 e. The summed E-state index contributed by atoms with van der Waals surface area (Å²) in [4.78, 5) is 2.61. The van der Waals surface area contributed by atoms with Crippen molar-refractivity contribution >= 4 is 17.2 Å². The number of hydrogen-bond acceptors (Lipinski definition) is 2. The number of halogens is 1. The molecule has 21 heavy (non-hydrogen) atoms. The summed E-state index contributed by atoms with van der Waals surface area (Å²) in [7, 11) is 0. The molecular weight excluding hydrogens is 283 g/mol. The molecule has 2 nitrogen and oxygen atoms in total. The molecule has 0 radical (unpaired) electrons. The minimum atomic E-state index is -0.222. The van der Waals surface area contributed by atoms with E-state index in [9.17, 15) is 4.39 Å². The van der Waals surface area contributed by atoms with Crippen LogP contribution >= 0.6 is 12.2 Å². The highest BCUT2D eigenvalue weighted by Crippen LogP contribution is 2.18. The Morgan fingerprint density at radius 3 is 2.33 bits per heavy atom. The first-order valence-corrected chi connectivity index (χ1v) is 8.12. The summed E-state index contributed by atoms with van der Waals surface area (Å²) >= 11 is 4.89. The minimum absolute atomic E-state index is 0.222. The zero-order valence-corrected chi connectivity index (χ0v) is 14.3. The van der Waals surface area contributed by atoms with Crippen LogP contribution in [-0.4, -0.2) is 22.5 Å². The molecule has 0 heterocycles. The lowest BCUT2D eigenvalue weighted by Crippen LogP contribution is -2.37. The zero-order valence-electron chi connectivity index (χ0n) is 13.5. The molecule has 0 amide bonds. The molecule has 0 bridgehead atoms. The molecule has 1 aromatic carbocycles. The highest BCUT2D eigenvalue weighted by Gasteiger charge is 2.18. The monoisotopic (exact) mass is 310 g/mol. The van der Waals surface area contributed by atoms with Gasteiger partial charge in [-0.15, -0.1) is 0 Å². The Hall–Kier alpha value is -1.00. The zero-order chi connectivity index (χ0) is 16.0. The molecule has 118 valence electrons. The summed E-state index contributed by atoms with van der Waals surface area (Å²) in [5, 5.41) is 0. The van der Waals surface area contributed by atoms with Gasteiger partial charge in [0.15, 0.2) is 0 Å². The van der Waals surface area contributed by atoms with Gasteiger partial charge in [0.05, 0.1) is 0 Å². The van der Waals surface area contributed by atoms with Gasteiger partial charge in [-0.3, -0.25) is 4.90 Å². The Balaban J connectivity index is 2.94. The van der Waals surface area contributed by atoms with Crippen molar-refractivity contribution in [3.63, 3.8) is 0 Å². The molecule has 0 saturated heterocycles. The van der Waals surface area contributed by atoms with E-state index in [0.717, 1.165) is 19.4 Å². The maximum Gasteiger partial charge on any atom is 0.128 e. The standard InChI is InChI=1S/C17H27FN2S/c1-5-15(6-2)20(10-12(3)4)11-14-8-7-13(17(19)21)9-16(14)18/h7-9,12,15H,5-6,10-11H2,1-4H3,(H2,19,21). The van der Waals surface area contributed by atoms with E-state index in [-0.39, 0.29) is 10.8 Å². The van der Waals surface area contributed by atoms with E-state index in [1.54, 1.807) is 12.1 Å². The first-order chi connectivity index (χ1) is 9.88. The van der Waals surface area contributed by atoms with Gasteiger partial charge < -0.3 is 5.73 Å². The van der Waals surface area contributed by atoms with Crippen LogP contribution in [0.3, 0.4) is 0 Å². The molecule has 0 aliphatic rings. The van der Waals surface area contributed by atoms with Crippen molar-refractivity contribution in [2.75, 3.05) is 6.54 Å². The molecule has 1 rings (SSSR count). The second-order valence-corrected chi connectivity index (χ2v) is 6.40. The predicted molar refractivity (Wildman–Crippen MR) is 91.9 cm³/mol. The average Bonchev–Trinajstić information content (AvgIpc) is 2.41. The molecule has 0 atom stereocenters. The lowest BCUT2D eigenvalue weighted by atomic mass is 10.0. The second-order valence-electron chi connectivity index (χ2n) is 5.96.